The van der Waals surface area contributed by atoms with Gasteiger partial charge in [-0.1, -0.05) is 44.2 Å². The summed E-state index contributed by atoms with van der Waals surface area (Å²) in [6.07, 6.45) is 2.15. The number of oxime groups is 1. The first-order valence-electron chi connectivity index (χ1n) is 7.65. The van der Waals surface area contributed by atoms with Crippen LogP contribution in [-0.2, 0) is 14.4 Å². The molecule has 1 aliphatic heterocycles. The number of hydrogen-bond acceptors (Lipinski definition) is 5. The van der Waals surface area contributed by atoms with Crippen LogP contribution in [0.2, 0.25) is 0 Å². The van der Waals surface area contributed by atoms with Gasteiger partial charge in [-0.25, -0.2) is 4.79 Å². The highest BCUT2D eigenvalue weighted by molar-refractivity contribution is 6.05. The number of rotatable bonds is 7. The molecule has 5 heteroatoms. The van der Waals surface area contributed by atoms with Crippen LogP contribution in [0.3, 0.4) is 0 Å². The SMILES string of the molecule is CCC1(CC)C(=O)ON=C1OCCCC(=O)c1ccccc1. The van der Waals surface area contributed by atoms with E-state index in [2.05, 4.69) is 5.16 Å². The zero-order valence-corrected chi connectivity index (χ0v) is 13.0. The fourth-order valence-electron chi connectivity index (χ4n) is 2.52. The number of ketones is 1. The molecule has 0 fully saturated rings. The highest BCUT2D eigenvalue weighted by Gasteiger charge is 2.49. The maximum absolute atomic E-state index is 12.0. The normalized spacial score (nSPS) is 16.1. The molecule has 1 aromatic rings. The van der Waals surface area contributed by atoms with E-state index in [4.69, 9.17) is 9.57 Å². The Bertz CT molecular complexity index is 561. The standard InChI is InChI=1S/C17H21NO4/c1-3-17(4-2)15(18-22-16(17)20)21-12-8-11-14(19)13-9-6-5-7-10-13/h5-7,9-10H,3-4,8,11-12H2,1-2H3. The first kappa shape index (κ1) is 16.2. The maximum Gasteiger partial charge on any atom is 0.350 e. The average Bonchev–Trinajstić information content (AvgIpc) is 2.88. The van der Waals surface area contributed by atoms with Gasteiger partial charge in [0.05, 0.1) is 6.61 Å². The lowest BCUT2D eigenvalue weighted by Gasteiger charge is -2.22. The van der Waals surface area contributed by atoms with Crippen molar-refractivity contribution in [1.29, 1.82) is 0 Å². The number of carbonyl (C=O) groups is 2. The molecule has 0 aromatic heterocycles. The minimum Gasteiger partial charge on any atom is -0.478 e. The highest BCUT2D eigenvalue weighted by atomic mass is 16.7. The first-order chi connectivity index (χ1) is 10.6. The molecule has 0 saturated carbocycles. The smallest absolute Gasteiger partial charge is 0.350 e. The Morgan fingerprint density at radius 3 is 2.55 bits per heavy atom. The molecule has 22 heavy (non-hydrogen) atoms. The van der Waals surface area contributed by atoms with E-state index < -0.39 is 5.41 Å². The summed E-state index contributed by atoms with van der Waals surface area (Å²) in [6.45, 7) is 4.16. The van der Waals surface area contributed by atoms with Gasteiger partial charge in [0, 0.05) is 12.0 Å². The minimum absolute atomic E-state index is 0.0853. The largest absolute Gasteiger partial charge is 0.478 e. The van der Waals surface area contributed by atoms with Gasteiger partial charge in [0.15, 0.2) is 5.78 Å². The molecule has 0 atom stereocenters. The fraction of sp³-hybridized carbons (Fsp3) is 0.471. The molecule has 1 aliphatic rings. The van der Waals surface area contributed by atoms with E-state index in [0.29, 0.717) is 43.8 Å². The monoisotopic (exact) mass is 303 g/mol. The summed E-state index contributed by atoms with van der Waals surface area (Å²) < 4.78 is 5.61. The topological polar surface area (TPSA) is 65.0 Å². The molecular formula is C17H21NO4. The molecule has 0 spiro atoms. The molecule has 5 nitrogen and oxygen atoms in total. The van der Waals surface area contributed by atoms with Crippen molar-refractivity contribution in [2.24, 2.45) is 10.6 Å². The zero-order chi connectivity index (χ0) is 16.0. The number of nitrogens with zero attached hydrogens (tertiary/aromatic N) is 1. The molecule has 2 rings (SSSR count). The summed E-state index contributed by atoms with van der Waals surface area (Å²) in [4.78, 5) is 28.6. The van der Waals surface area contributed by atoms with Gasteiger partial charge in [0.1, 0.15) is 5.41 Å². The number of benzene rings is 1. The minimum atomic E-state index is -0.760. The second-order valence-corrected chi connectivity index (χ2v) is 5.31. The molecule has 0 amide bonds. The summed E-state index contributed by atoms with van der Waals surface area (Å²) in [7, 11) is 0. The lowest BCUT2D eigenvalue weighted by Crippen LogP contribution is -2.35. The Kier molecular flexibility index (Phi) is 5.31. The van der Waals surface area contributed by atoms with Crippen molar-refractivity contribution in [3.8, 4) is 0 Å². The Morgan fingerprint density at radius 2 is 1.91 bits per heavy atom. The zero-order valence-electron chi connectivity index (χ0n) is 13.0. The van der Waals surface area contributed by atoms with Gasteiger partial charge in [-0.05, 0) is 24.4 Å². The Morgan fingerprint density at radius 1 is 1.23 bits per heavy atom. The van der Waals surface area contributed by atoms with Crippen LogP contribution in [0.1, 0.15) is 49.9 Å². The van der Waals surface area contributed by atoms with E-state index in [-0.39, 0.29) is 11.8 Å². The lowest BCUT2D eigenvalue weighted by molar-refractivity contribution is -0.148. The van der Waals surface area contributed by atoms with Gasteiger partial charge >= 0.3 is 5.97 Å². The van der Waals surface area contributed by atoms with Gasteiger partial charge in [-0.15, -0.1) is 0 Å². The van der Waals surface area contributed by atoms with Crippen molar-refractivity contribution >= 4 is 17.7 Å². The van der Waals surface area contributed by atoms with Crippen molar-refractivity contribution in [2.45, 2.75) is 39.5 Å². The molecule has 0 N–H and O–H groups in total. The molecule has 0 unspecified atom stereocenters. The van der Waals surface area contributed by atoms with Gasteiger partial charge in [0.25, 0.3) is 0 Å². The van der Waals surface area contributed by atoms with Crippen LogP contribution in [0.4, 0.5) is 0 Å². The van der Waals surface area contributed by atoms with Crippen molar-refractivity contribution in [1.82, 2.24) is 0 Å². The summed E-state index contributed by atoms with van der Waals surface area (Å²) in [5, 5.41) is 3.75. The third kappa shape index (κ3) is 3.18. The van der Waals surface area contributed by atoms with Gasteiger partial charge < -0.3 is 9.57 Å². The Hall–Kier alpha value is -2.17. The quantitative estimate of drug-likeness (QED) is 0.440. The van der Waals surface area contributed by atoms with Crippen LogP contribution < -0.4 is 0 Å². The van der Waals surface area contributed by atoms with Crippen molar-refractivity contribution in [2.75, 3.05) is 6.61 Å². The number of Topliss-reactive ketones (excluding diaryl/α,β-unsaturated/α-hetero) is 1. The maximum atomic E-state index is 12.0. The first-order valence-corrected chi connectivity index (χ1v) is 7.65. The van der Waals surface area contributed by atoms with E-state index in [1.807, 2.05) is 32.0 Å². The van der Waals surface area contributed by atoms with Crippen LogP contribution in [0, 0.1) is 5.41 Å². The fourth-order valence-corrected chi connectivity index (χ4v) is 2.52. The van der Waals surface area contributed by atoms with Crippen LogP contribution in [0.15, 0.2) is 35.5 Å². The predicted molar refractivity (Wildman–Crippen MR) is 82.5 cm³/mol. The molecule has 0 saturated heterocycles. The van der Waals surface area contributed by atoms with Crippen LogP contribution >= 0.6 is 0 Å². The predicted octanol–water partition coefficient (Wildman–Crippen LogP) is 3.34. The molecule has 0 bridgehead atoms. The van der Waals surface area contributed by atoms with E-state index in [9.17, 15) is 9.59 Å². The summed E-state index contributed by atoms with van der Waals surface area (Å²) >= 11 is 0. The third-order valence-corrected chi connectivity index (χ3v) is 4.10. The molecule has 118 valence electrons. The number of ether oxygens (including phenoxy) is 1. The van der Waals surface area contributed by atoms with Crippen molar-refractivity contribution in [3.05, 3.63) is 35.9 Å². The Balaban J connectivity index is 1.82. The molecule has 1 heterocycles. The summed E-state index contributed by atoms with van der Waals surface area (Å²) in [6, 6.07) is 9.17. The molecular weight excluding hydrogens is 282 g/mol. The second kappa shape index (κ2) is 7.20. The van der Waals surface area contributed by atoms with E-state index in [0.717, 1.165) is 0 Å². The van der Waals surface area contributed by atoms with Crippen LogP contribution in [0.5, 0.6) is 0 Å². The van der Waals surface area contributed by atoms with Gasteiger partial charge in [-0.3, -0.25) is 4.79 Å². The number of carbonyl (C=O) groups excluding carboxylic acids is 2. The molecule has 0 radical (unpaired) electrons. The molecule has 1 aromatic carbocycles. The lowest BCUT2D eigenvalue weighted by atomic mass is 9.82. The molecule has 0 aliphatic carbocycles. The average molecular weight is 303 g/mol. The van der Waals surface area contributed by atoms with Gasteiger partial charge in [0.2, 0.25) is 5.90 Å². The summed E-state index contributed by atoms with van der Waals surface area (Å²) in [5.41, 5.74) is -0.0561. The van der Waals surface area contributed by atoms with Crippen molar-refractivity contribution in [3.63, 3.8) is 0 Å². The second-order valence-electron chi connectivity index (χ2n) is 5.31. The van der Waals surface area contributed by atoms with E-state index in [1.54, 1.807) is 12.1 Å². The highest BCUT2D eigenvalue weighted by Crippen LogP contribution is 2.35. The summed E-state index contributed by atoms with van der Waals surface area (Å²) in [5.74, 6) is 0.0738. The Labute approximate surface area is 130 Å². The third-order valence-electron chi connectivity index (χ3n) is 4.10. The van der Waals surface area contributed by atoms with Gasteiger partial charge in [-0.2, -0.15) is 0 Å². The van der Waals surface area contributed by atoms with Crippen molar-refractivity contribution < 1.29 is 19.2 Å². The van der Waals surface area contributed by atoms with E-state index in [1.165, 1.54) is 0 Å². The van der Waals surface area contributed by atoms with Crippen LogP contribution in [0.25, 0.3) is 0 Å². The number of hydrogen-bond donors (Lipinski definition) is 0. The van der Waals surface area contributed by atoms with E-state index >= 15 is 0 Å². The van der Waals surface area contributed by atoms with Crippen LogP contribution in [-0.4, -0.2) is 24.3 Å².